The van der Waals surface area contributed by atoms with E-state index in [4.69, 9.17) is 0 Å². The van der Waals surface area contributed by atoms with E-state index in [0.717, 1.165) is 66.9 Å². The lowest BCUT2D eigenvalue weighted by molar-refractivity contribution is -0.0504. The molecule has 2 heterocycles. The van der Waals surface area contributed by atoms with E-state index in [1.54, 1.807) is 45.0 Å². The molecule has 2 saturated carbocycles. The number of aliphatic hydroxyl groups is 1. The van der Waals surface area contributed by atoms with Gasteiger partial charge in [0.05, 0.1) is 40.8 Å². The number of benzene rings is 2. The number of rotatable bonds is 11. The van der Waals surface area contributed by atoms with Crippen molar-refractivity contribution in [1.82, 2.24) is 19.6 Å². The van der Waals surface area contributed by atoms with Crippen LogP contribution in [0, 0.1) is 27.9 Å². The van der Waals surface area contributed by atoms with Gasteiger partial charge in [0.15, 0.2) is 0 Å². The Morgan fingerprint density at radius 1 is 0.746 bits per heavy atom. The predicted molar refractivity (Wildman–Crippen MR) is 241 cm³/mol. The molecule has 63 heavy (non-hydrogen) atoms. The number of aromatic nitrogens is 4. The number of hydrogen-bond donors (Lipinski definition) is 1. The molecule has 1 N–H and O–H groups in total. The van der Waals surface area contributed by atoms with Crippen LogP contribution in [0.15, 0.2) is 97.4 Å². The lowest BCUT2D eigenvalue weighted by Gasteiger charge is -2.43. The van der Waals surface area contributed by atoms with Gasteiger partial charge in [0.25, 0.3) is 0 Å². The highest BCUT2D eigenvalue weighted by atomic mass is 32.2. The Balaban J connectivity index is 0.000000163. The van der Waals surface area contributed by atoms with Gasteiger partial charge in [0, 0.05) is 5.41 Å². The maximum absolute atomic E-state index is 13.2. The van der Waals surface area contributed by atoms with Gasteiger partial charge in [-0.05, 0) is 152 Å². The van der Waals surface area contributed by atoms with E-state index in [0.29, 0.717) is 24.6 Å². The highest BCUT2D eigenvalue weighted by Crippen LogP contribution is 2.61. The quantitative estimate of drug-likeness (QED) is 0.0696. The van der Waals surface area contributed by atoms with Crippen molar-refractivity contribution in [2.24, 2.45) is 16.2 Å². The summed E-state index contributed by atoms with van der Waals surface area (Å²) in [5, 5.41) is 20.2. The summed E-state index contributed by atoms with van der Waals surface area (Å²) in [6.45, 7) is 19.7. The summed E-state index contributed by atoms with van der Waals surface area (Å²) in [6.07, 6.45) is 19.6. The van der Waals surface area contributed by atoms with Crippen molar-refractivity contribution in [1.29, 1.82) is 0 Å². The van der Waals surface area contributed by atoms with Gasteiger partial charge >= 0.3 is 15.6 Å². The SMILES string of the molecule is C=CC[C@]1(C)CCC2=Cc3c(cnn3-c3ccc(F)cc3)C[C@@]21C.C=CC[C@]1(O)CCC2=Cc3c(cnn3-c3ccc(F)cc3)C[C@@]21C.CC[Si](CC)(CC)OS(=O)(=O)C(F)(F)F. The van der Waals surface area contributed by atoms with Crippen molar-refractivity contribution in [3.05, 3.63) is 132 Å². The van der Waals surface area contributed by atoms with Crippen LogP contribution in [0.2, 0.25) is 18.1 Å². The second kappa shape index (κ2) is 17.9. The van der Waals surface area contributed by atoms with E-state index in [2.05, 4.69) is 66.2 Å². The molecular formula is C48H59F5N4O4SSi. The fourth-order valence-electron chi connectivity index (χ4n) is 10.1. The standard InChI is InChI=1S/C21H23FN2.C20H21FN2O.C7H15F3O3SSi/c1-4-10-20(2)11-9-16-12-19-15(13-21(16,20)3)14-23-24(19)18-7-5-17(22)6-8-18;1-3-9-20(24)10-8-15-11-18-14(12-19(15,20)2)13-22-23(18)17-6-4-16(21)5-7-17;1-4-15(5-2,6-3)13-14(11,12)7(8,9)10/h4-8,12,14H,1,9-11,13H2,2-3H3;3-7,11,13,24H,1,8-10,12H2,2H3;4-6H2,1-3H3/t20-,21+;19-,20-;/m10./s1. The molecule has 2 aromatic carbocycles. The van der Waals surface area contributed by atoms with Gasteiger partial charge in [-0.3, -0.25) is 0 Å². The van der Waals surface area contributed by atoms with Crippen molar-refractivity contribution in [2.45, 2.75) is 122 Å². The first-order valence-electron chi connectivity index (χ1n) is 21.6. The van der Waals surface area contributed by atoms with Crippen LogP contribution >= 0.6 is 0 Å². The van der Waals surface area contributed by atoms with Gasteiger partial charge < -0.3 is 8.98 Å². The summed E-state index contributed by atoms with van der Waals surface area (Å²) in [5.41, 5.74) is 3.23. The van der Waals surface area contributed by atoms with E-state index >= 15 is 0 Å². The Labute approximate surface area is 369 Å². The molecule has 8 nitrogen and oxygen atoms in total. The van der Waals surface area contributed by atoms with Gasteiger partial charge in [-0.25, -0.2) is 18.1 Å². The summed E-state index contributed by atoms with van der Waals surface area (Å²) in [7, 11) is -8.20. The highest BCUT2D eigenvalue weighted by Gasteiger charge is 2.55. The van der Waals surface area contributed by atoms with Crippen LogP contribution in [-0.4, -0.2) is 52.5 Å². The minimum atomic E-state index is -5.43. The maximum atomic E-state index is 13.2. The van der Waals surface area contributed by atoms with Crippen LogP contribution in [0.4, 0.5) is 22.0 Å². The number of fused-ring (bicyclic) bond motifs is 4. The van der Waals surface area contributed by atoms with Crippen molar-refractivity contribution < 1.29 is 39.3 Å². The van der Waals surface area contributed by atoms with Crippen LogP contribution in [0.3, 0.4) is 0 Å². The molecule has 4 aliphatic rings. The van der Waals surface area contributed by atoms with Crippen molar-refractivity contribution in [3.63, 3.8) is 0 Å². The van der Waals surface area contributed by atoms with Crippen LogP contribution in [0.25, 0.3) is 23.5 Å². The average Bonchev–Trinajstić information content (AvgIpc) is 3.97. The van der Waals surface area contributed by atoms with E-state index in [9.17, 15) is 35.5 Å². The molecule has 0 aliphatic heterocycles. The number of hydrogen-bond acceptors (Lipinski definition) is 6. The first kappa shape index (κ1) is 48.0. The fourth-order valence-corrected chi connectivity index (χ4v) is 15.2. The molecule has 0 radical (unpaired) electrons. The molecule has 340 valence electrons. The molecule has 15 heteroatoms. The lowest BCUT2D eigenvalue weighted by atomic mass is 9.60. The first-order valence-corrected chi connectivity index (χ1v) is 25.6. The summed E-state index contributed by atoms with van der Waals surface area (Å²) in [5.74, 6) is -0.474. The zero-order chi connectivity index (χ0) is 46.2. The van der Waals surface area contributed by atoms with Crippen LogP contribution in [-0.2, 0) is 26.8 Å². The number of nitrogens with zero attached hydrogens (tertiary/aromatic N) is 4. The molecule has 0 unspecified atom stereocenters. The van der Waals surface area contributed by atoms with E-state index in [1.807, 2.05) is 27.8 Å². The van der Waals surface area contributed by atoms with Gasteiger partial charge in [-0.15, -0.1) is 13.2 Å². The average molecular weight is 911 g/mol. The molecule has 0 saturated heterocycles. The number of allylic oxidation sites excluding steroid dienone is 2. The van der Waals surface area contributed by atoms with E-state index in [-0.39, 0.29) is 27.9 Å². The summed E-state index contributed by atoms with van der Waals surface area (Å²) in [4.78, 5) is 0. The third-order valence-electron chi connectivity index (χ3n) is 14.7. The Morgan fingerprint density at radius 2 is 1.17 bits per heavy atom. The minimum absolute atomic E-state index is 0.171. The van der Waals surface area contributed by atoms with Crippen molar-refractivity contribution >= 4 is 30.6 Å². The monoisotopic (exact) mass is 910 g/mol. The molecule has 4 aliphatic carbocycles. The topological polar surface area (TPSA) is 99.2 Å². The summed E-state index contributed by atoms with van der Waals surface area (Å²) >= 11 is 0. The maximum Gasteiger partial charge on any atom is 0.522 e. The smallest absolute Gasteiger partial charge is 0.389 e. The normalized spacial score (nSPS) is 24.9. The van der Waals surface area contributed by atoms with Crippen LogP contribution < -0.4 is 0 Å². The van der Waals surface area contributed by atoms with Crippen molar-refractivity contribution in [3.8, 4) is 11.4 Å². The van der Waals surface area contributed by atoms with E-state index < -0.39 is 29.5 Å². The van der Waals surface area contributed by atoms with Crippen LogP contribution in [0.1, 0.15) is 103 Å². The zero-order valence-corrected chi connectivity index (χ0v) is 38.9. The molecular weight excluding hydrogens is 852 g/mol. The van der Waals surface area contributed by atoms with Gasteiger partial charge in [-0.2, -0.15) is 31.8 Å². The van der Waals surface area contributed by atoms with Gasteiger partial charge in [-0.1, -0.05) is 64.8 Å². The molecule has 2 aromatic heterocycles. The molecule has 2 fully saturated rings. The molecule has 0 spiro atoms. The third-order valence-corrected chi connectivity index (χ3v) is 21.5. The van der Waals surface area contributed by atoms with Crippen molar-refractivity contribution in [2.75, 3.05) is 0 Å². The summed E-state index contributed by atoms with van der Waals surface area (Å²) in [6, 6.07) is 14.0. The minimum Gasteiger partial charge on any atom is -0.389 e. The predicted octanol–water partition coefficient (Wildman–Crippen LogP) is 12.2. The van der Waals surface area contributed by atoms with Gasteiger partial charge in [0.1, 0.15) is 11.6 Å². The number of halogens is 5. The first-order chi connectivity index (χ1) is 29.6. The third kappa shape index (κ3) is 8.87. The second-order valence-corrected chi connectivity index (χ2v) is 24.6. The van der Waals surface area contributed by atoms with Gasteiger partial charge in [0.2, 0.25) is 8.32 Å². The second-order valence-electron chi connectivity index (χ2n) is 18.0. The Kier molecular flexibility index (Phi) is 13.6. The van der Waals surface area contributed by atoms with E-state index in [1.165, 1.54) is 47.4 Å². The Morgan fingerprint density at radius 3 is 1.60 bits per heavy atom. The molecule has 4 atom stereocenters. The largest absolute Gasteiger partial charge is 0.522 e. The number of alkyl halides is 3. The zero-order valence-electron chi connectivity index (χ0n) is 37.0. The molecule has 4 aromatic rings. The molecule has 0 bridgehead atoms. The summed E-state index contributed by atoms with van der Waals surface area (Å²) < 4.78 is 92.5. The van der Waals surface area contributed by atoms with Crippen LogP contribution in [0.5, 0.6) is 0 Å². The Hall–Kier alpha value is -4.44. The fraction of sp³-hybridized carbons (Fsp3) is 0.458. The Bertz CT molecular complexity index is 2340. The lowest BCUT2D eigenvalue weighted by Crippen LogP contribution is -2.44. The molecule has 0 amide bonds. The molecule has 8 rings (SSSR count). The highest BCUT2D eigenvalue weighted by molar-refractivity contribution is 7.88.